The fraction of sp³-hybridized carbons (Fsp3) is 0.529. The molecule has 0 saturated carbocycles. The minimum atomic E-state index is -0.0580. The van der Waals surface area contributed by atoms with Crippen LogP contribution in [-0.2, 0) is 11.3 Å². The van der Waals surface area contributed by atoms with Gasteiger partial charge >= 0.3 is 0 Å². The highest BCUT2D eigenvalue weighted by Gasteiger charge is 2.26. The number of amides is 1. The molecule has 7 nitrogen and oxygen atoms in total. The summed E-state index contributed by atoms with van der Waals surface area (Å²) in [5, 5.41) is 15.8. The summed E-state index contributed by atoms with van der Waals surface area (Å²) >= 11 is 0. The zero-order chi connectivity index (χ0) is 16.9. The fourth-order valence-corrected chi connectivity index (χ4v) is 3.01. The summed E-state index contributed by atoms with van der Waals surface area (Å²) in [4.78, 5) is 14.5. The molecule has 0 spiro atoms. The quantitative estimate of drug-likeness (QED) is 0.904. The zero-order valence-electron chi connectivity index (χ0n) is 14.2. The number of carbonyl (C=O) groups is 1. The van der Waals surface area contributed by atoms with Crippen molar-refractivity contribution >= 4 is 11.7 Å². The van der Waals surface area contributed by atoms with Crippen molar-refractivity contribution in [1.82, 2.24) is 24.9 Å². The van der Waals surface area contributed by atoms with Gasteiger partial charge in [0.25, 0.3) is 0 Å². The molecule has 2 aromatic heterocycles. The van der Waals surface area contributed by atoms with Gasteiger partial charge in [-0.15, -0.1) is 5.10 Å². The van der Waals surface area contributed by atoms with Gasteiger partial charge in [-0.25, -0.2) is 0 Å². The number of aromatic nitrogens is 4. The van der Waals surface area contributed by atoms with Crippen molar-refractivity contribution in [2.45, 2.75) is 39.3 Å². The normalized spacial score (nSPS) is 16.8. The van der Waals surface area contributed by atoms with E-state index in [1.54, 1.807) is 6.20 Å². The standard InChI is InChI=1S/C17H24N6O/c1-13(12-23-9-3-8-18-23)17(24)22-10-6-15(7-11-22)19-16-5-4-14(2)20-21-16/h3-5,8-9,13,15H,6-7,10-12H2,1-2H3,(H,19,21)/t13-/m1/s1. The van der Waals surface area contributed by atoms with E-state index in [1.807, 2.05) is 47.8 Å². The summed E-state index contributed by atoms with van der Waals surface area (Å²) in [5.41, 5.74) is 0.909. The van der Waals surface area contributed by atoms with Gasteiger partial charge in [-0.1, -0.05) is 6.92 Å². The number of carbonyl (C=O) groups excluding carboxylic acids is 1. The van der Waals surface area contributed by atoms with Crippen molar-refractivity contribution in [1.29, 1.82) is 0 Å². The first-order valence-corrected chi connectivity index (χ1v) is 8.45. The molecule has 128 valence electrons. The summed E-state index contributed by atoms with van der Waals surface area (Å²) < 4.78 is 1.81. The molecule has 7 heteroatoms. The van der Waals surface area contributed by atoms with Crippen molar-refractivity contribution in [2.75, 3.05) is 18.4 Å². The van der Waals surface area contributed by atoms with E-state index in [2.05, 4.69) is 20.6 Å². The molecule has 1 saturated heterocycles. The van der Waals surface area contributed by atoms with Gasteiger partial charge in [-0.2, -0.15) is 10.2 Å². The second-order valence-corrected chi connectivity index (χ2v) is 6.43. The maximum Gasteiger partial charge on any atom is 0.227 e. The number of aryl methyl sites for hydroxylation is 1. The smallest absolute Gasteiger partial charge is 0.227 e. The molecule has 3 rings (SSSR count). The average Bonchev–Trinajstić information content (AvgIpc) is 3.10. The maximum absolute atomic E-state index is 12.6. The van der Waals surface area contributed by atoms with Crippen molar-refractivity contribution in [3.8, 4) is 0 Å². The van der Waals surface area contributed by atoms with E-state index in [0.29, 0.717) is 12.6 Å². The number of rotatable bonds is 5. The van der Waals surface area contributed by atoms with Gasteiger partial charge in [-0.3, -0.25) is 9.48 Å². The SMILES string of the molecule is Cc1ccc(NC2CCN(C(=O)[C@H](C)Cn3cccn3)CC2)nn1. The largest absolute Gasteiger partial charge is 0.366 e. The highest BCUT2D eigenvalue weighted by molar-refractivity contribution is 5.78. The zero-order valence-corrected chi connectivity index (χ0v) is 14.2. The van der Waals surface area contributed by atoms with E-state index in [-0.39, 0.29) is 11.8 Å². The predicted octanol–water partition coefficient (Wildman–Crippen LogP) is 1.72. The molecule has 0 aliphatic carbocycles. The Balaban J connectivity index is 1.47. The van der Waals surface area contributed by atoms with Gasteiger partial charge in [0.15, 0.2) is 0 Å². The van der Waals surface area contributed by atoms with Crippen LogP contribution >= 0.6 is 0 Å². The fourth-order valence-electron chi connectivity index (χ4n) is 3.01. The minimum Gasteiger partial charge on any atom is -0.366 e. The topological polar surface area (TPSA) is 75.9 Å². The molecule has 0 aromatic carbocycles. The Morgan fingerprint density at radius 3 is 2.75 bits per heavy atom. The van der Waals surface area contributed by atoms with Gasteiger partial charge in [-0.05, 0) is 38.0 Å². The molecule has 1 amide bonds. The lowest BCUT2D eigenvalue weighted by Gasteiger charge is -2.34. The molecule has 0 bridgehead atoms. The molecular weight excluding hydrogens is 304 g/mol. The lowest BCUT2D eigenvalue weighted by Crippen LogP contribution is -2.45. The van der Waals surface area contributed by atoms with Crippen molar-refractivity contribution in [2.24, 2.45) is 5.92 Å². The van der Waals surface area contributed by atoms with Gasteiger partial charge in [0, 0.05) is 31.5 Å². The van der Waals surface area contributed by atoms with E-state index in [4.69, 9.17) is 0 Å². The number of hydrogen-bond acceptors (Lipinski definition) is 5. The number of piperidine rings is 1. The van der Waals surface area contributed by atoms with Crippen LogP contribution in [0.3, 0.4) is 0 Å². The Hall–Kier alpha value is -2.44. The highest BCUT2D eigenvalue weighted by Crippen LogP contribution is 2.17. The van der Waals surface area contributed by atoms with Crippen LogP contribution in [0.25, 0.3) is 0 Å². The van der Waals surface area contributed by atoms with Gasteiger partial charge in [0.1, 0.15) is 5.82 Å². The molecule has 0 unspecified atom stereocenters. The van der Waals surface area contributed by atoms with Crippen LogP contribution in [0.15, 0.2) is 30.6 Å². The van der Waals surface area contributed by atoms with Gasteiger partial charge in [0.2, 0.25) is 5.91 Å². The third-order valence-corrected chi connectivity index (χ3v) is 4.40. The molecule has 0 radical (unpaired) electrons. The summed E-state index contributed by atoms with van der Waals surface area (Å²) in [6, 6.07) is 6.12. The molecule has 1 aliphatic heterocycles. The molecular formula is C17H24N6O. The van der Waals surface area contributed by atoms with Crippen LogP contribution in [0.2, 0.25) is 0 Å². The van der Waals surface area contributed by atoms with Crippen molar-refractivity contribution < 1.29 is 4.79 Å². The first-order chi connectivity index (χ1) is 11.6. The third-order valence-electron chi connectivity index (χ3n) is 4.40. The summed E-state index contributed by atoms with van der Waals surface area (Å²) in [6.07, 6.45) is 5.48. The Labute approximate surface area is 142 Å². The number of hydrogen-bond donors (Lipinski definition) is 1. The van der Waals surface area contributed by atoms with Crippen LogP contribution < -0.4 is 5.32 Å². The second kappa shape index (κ2) is 7.42. The van der Waals surface area contributed by atoms with Crippen molar-refractivity contribution in [3.05, 3.63) is 36.3 Å². The molecule has 24 heavy (non-hydrogen) atoms. The Morgan fingerprint density at radius 1 is 1.33 bits per heavy atom. The van der Waals surface area contributed by atoms with Crippen molar-refractivity contribution in [3.63, 3.8) is 0 Å². The van der Waals surface area contributed by atoms with E-state index in [0.717, 1.165) is 37.4 Å². The highest BCUT2D eigenvalue weighted by atomic mass is 16.2. The van der Waals surface area contributed by atoms with Gasteiger partial charge in [0.05, 0.1) is 18.2 Å². The van der Waals surface area contributed by atoms with E-state index in [9.17, 15) is 4.79 Å². The average molecular weight is 328 g/mol. The predicted molar refractivity (Wildman–Crippen MR) is 91.4 cm³/mol. The Bertz CT molecular complexity index is 646. The van der Waals surface area contributed by atoms with Gasteiger partial charge < -0.3 is 10.2 Å². The number of nitrogens with zero attached hydrogens (tertiary/aromatic N) is 5. The molecule has 3 heterocycles. The minimum absolute atomic E-state index is 0.0580. The summed E-state index contributed by atoms with van der Waals surface area (Å²) in [5.74, 6) is 0.953. The Morgan fingerprint density at radius 2 is 2.12 bits per heavy atom. The van der Waals surface area contributed by atoms with Crippen LogP contribution in [-0.4, -0.2) is 49.9 Å². The lowest BCUT2D eigenvalue weighted by atomic mass is 10.0. The molecule has 1 N–H and O–H groups in total. The van der Waals surface area contributed by atoms with E-state index < -0.39 is 0 Å². The van der Waals surface area contributed by atoms with Crippen LogP contribution in [0, 0.1) is 12.8 Å². The molecule has 1 aliphatic rings. The van der Waals surface area contributed by atoms with E-state index >= 15 is 0 Å². The maximum atomic E-state index is 12.6. The van der Waals surface area contributed by atoms with Crippen LogP contribution in [0.1, 0.15) is 25.5 Å². The first-order valence-electron chi connectivity index (χ1n) is 8.45. The van der Waals surface area contributed by atoms with Crippen LogP contribution in [0.5, 0.6) is 0 Å². The first kappa shape index (κ1) is 16.4. The monoisotopic (exact) mass is 328 g/mol. The number of nitrogens with one attached hydrogen (secondary N) is 1. The Kier molecular flexibility index (Phi) is 5.08. The van der Waals surface area contributed by atoms with E-state index in [1.165, 1.54) is 0 Å². The number of likely N-dealkylation sites (tertiary alicyclic amines) is 1. The lowest BCUT2D eigenvalue weighted by molar-refractivity contribution is -0.136. The molecule has 1 atom stereocenters. The third kappa shape index (κ3) is 4.10. The molecule has 2 aromatic rings. The summed E-state index contributed by atoms with van der Waals surface area (Å²) in [6.45, 7) is 6.07. The summed E-state index contributed by atoms with van der Waals surface area (Å²) in [7, 11) is 0. The number of anilines is 1. The van der Waals surface area contributed by atoms with Crippen LogP contribution in [0.4, 0.5) is 5.82 Å². The molecule has 1 fully saturated rings. The second-order valence-electron chi connectivity index (χ2n) is 6.43.